The fourth-order valence-electron chi connectivity index (χ4n) is 2.69. The van der Waals surface area contributed by atoms with E-state index in [1.54, 1.807) is 0 Å². The molecular formula is C17H18BrNO. The number of ether oxygens (including phenoxy) is 1. The molecule has 1 aliphatic rings. The van der Waals surface area contributed by atoms with Crippen LogP contribution in [0.3, 0.4) is 0 Å². The number of hydrogen-bond acceptors (Lipinski definition) is 2. The fraction of sp³-hybridized carbons (Fsp3) is 0.294. The van der Waals surface area contributed by atoms with Gasteiger partial charge in [-0.2, -0.15) is 0 Å². The Morgan fingerprint density at radius 2 is 1.90 bits per heavy atom. The first-order valence-electron chi connectivity index (χ1n) is 6.78. The van der Waals surface area contributed by atoms with Gasteiger partial charge in [-0.05, 0) is 60.5 Å². The number of fused-ring (bicyclic) bond motifs is 1. The summed E-state index contributed by atoms with van der Waals surface area (Å²) in [5, 5.41) is 3.62. The molecule has 0 saturated heterocycles. The topological polar surface area (TPSA) is 21.3 Å². The zero-order valence-electron chi connectivity index (χ0n) is 11.9. The van der Waals surface area contributed by atoms with Gasteiger partial charge in [-0.3, -0.25) is 0 Å². The molecule has 2 nitrogen and oxygen atoms in total. The van der Waals surface area contributed by atoms with Crippen molar-refractivity contribution in [3.63, 3.8) is 0 Å². The molecule has 1 atom stereocenters. The average Bonchev–Trinajstić information content (AvgIpc) is 2.65. The van der Waals surface area contributed by atoms with Gasteiger partial charge in [0, 0.05) is 15.7 Å². The number of para-hydroxylation sites is 1. The van der Waals surface area contributed by atoms with Crippen molar-refractivity contribution in [1.29, 1.82) is 0 Å². The lowest BCUT2D eigenvalue weighted by molar-refractivity contribution is 0.118. The van der Waals surface area contributed by atoms with E-state index in [2.05, 4.69) is 72.3 Å². The van der Waals surface area contributed by atoms with Crippen LogP contribution >= 0.6 is 15.9 Å². The molecule has 3 rings (SSSR count). The van der Waals surface area contributed by atoms with Crippen molar-refractivity contribution in [2.75, 3.05) is 5.32 Å². The SMILES string of the molecule is Cc1ccc(Br)c(NC2c3ccccc3OC2(C)C)c1. The van der Waals surface area contributed by atoms with Crippen molar-refractivity contribution in [1.82, 2.24) is 0 Å². The molecule has 0 aromatic heterocycles. The molecule has 20 heavy (non-hydrogen) atoms. The Morgan fingerprint density at radius 1 is 1.15 bits per heavy atom. The molecule has 1 aliphatic heterocycles. The quantitative estimate of drug-likeness (QED) is 0.828. The minimum Gasteiger partial charge on any atom is -0.485 e. The summed E-state index contributed by atoms with van der Waals surface area (Å²) in [5.74, 6) is 0.971. The minimum atomic E-state index is -0.271. The molecular weight excluding hydrogens is 314 g/mol. The Labute approximate surface area is 128 Å². The van der Waals surface area contributed by atoms with Crippen LogP contribution in [0.5, 0.6) is 5.75 Å². The third-order valence-corrected chi connectivity index (χ3v) is 4.41. The van der Waals surface area contributed by atoms with Gasteiger partial charge in [0.15, 0.2) is 0 Å². The Kier molecular flexibility index (Phi) is 3.25. The minimum absolute atomic E-state index is 0.136. The summed E-state index contributed by atoms with van der Waals surface area (Å²) in [6.07, 6.45) is 0. The number of aryl methyl sites for hydroxylation is 1. The molecule has 3 heteroatoms. The monoisotopic (exact) mass is 331 g/mol. The Hall–Kier alpha value is -1.48. The average molecular weight is 332 g/mol. The number of halogens is 1. The maximum absolute atomic E-state index is 6.07. The van der Waals surface area contributed by atoms with Crippen molar-refractivity contribution >= 4 is 21.6 Å². The molecule has 2 aromatic carbocycles. The van der Waals surface area contributed by atoms with Gasteiger partial charge < -0.3 is 10.1 Å². The molecule has 0 aliphatic carbocycles. The van der Waals surface area contributed by atoms with Crippen LogP contribution in [0.4, 0.5) is 5.69 Å². The first-order valence-corrected chi connectivity index (χ1v) is 7.57. The standard InChI is InChI=1S/C17H18BrNO/c1-11-8-9-13(18)14(10-11)19-16-12-6-4-5-7-15(12)20-17(16,2)3/h4-10,16,19H,1-3H3. The van der Waals surface area contributed by atoms with Crippen LogP contribution in [-0.4, -0.2) is 5.60 Å². The highest BCUT2D eigenvalue weighted by atomic mass is 79.9. The molecule has 1 heterocycles. The van der Waals surface area contributed by atoms with Gasteiger partial charge in [0.1, 0.15) is 11.4 Å². The molecule has 1 unspecified atom stereocenters. The molecule has 0 amide bonds. The highest BCUT2D eigenvalue weighted by Crippen LogP contribution is 2.45. The predicted octanol–water partition coefficient (Wildman–Crippen LogP) is 5.08. The van der Waals surface area contributed by atoms with E-state index in [0.29, 0.717) is 0 Å². The summed E-state index contributed by atoms with van der Waals surface area (Å²) in [5.41, 5.74) is 3.28. The number of nitrogens with one attached hydrogen (secondary N) is 1. The second kappa shape index (κ2) is 4.81. The lowest BCUT2D eigenvalue weighted by atomic mass is 9.94. The summed E-state index contributed by atoms with van der Waals surface area (Å²) in [7, 11) is 0. The largest absolute Gasteiger partial charge is 0.485 e. The second-order valence-electron chi connectivity index (χ2n) is 5.80. The van der Waals surface area contributed by atoms with E-state index >= 15 is 0 Å². The summed E-state index contributed by atoms with van der Waals surface area (Å²) in [6.45, 7) is 6.34. The summed E-state index contributed by atoms with van der Waals surface area (Å²) in [6, 6.07) is 14.7. The third-order valence-electron chi connectivity index (χ3n) is 3.72. The highest BCUT2D eigenvalue weighted by molar-refractivity contribution is 9.10. The first-order chi connectivity index (χ1) is 9.47. The van der Waals surface area contributed by atoms with E-state index in [1.165, 1.54) is 11.1 Å². The van der Waals surface area contributed by atoms with Crippen molar-refractivity contribution in [2.24, 2.45) is 0 Å². The van der Waals surface area contributed by atoms with Gasteiger partial charge in [-0.1, -0.05) is 24.3 Å². The molecule has 0 fully saturated rings. The highest BCUT2D eigenvalue weighted by Gasteiger charge is 2.41. The van der Waals surface area contributed by atoms with Crippen molar-refractivity contribution in [3.8, 4) is 5.75 Å². The Balaban J connectivity index is 1.99. The molecule has 2 aromatic rings. The lowest BCUT2D eigenvalue weighted by Gasteiger charge is -2.28. The number of anilines is 1. The fourth-order valence-corrected chi connectivity index (χ4v) is 3.05. The summed E-state index contributed by atoms with van der Waals surface area (Å²) < 4.78 is 7.14. The van der Waals surface area contributed by atoms with Crippen LogP contribution in [0.1, 0.15) is 31.0 Å². The van der Waals surface area contributed by atoms with Gasteiger partial charge in [0.25, 0.3) is 0 Å². The van der Waals surface area contributed by atoms with E-state index < -0.39 is 0 Å². The maximum Gasteiger partial charge on any atom is 0.128 e. The van der Waals surface area contributed by atoms with Crippen molar-refractivity contribution < 1.29 is 4.74 Å². The summed E-state index contributed by atoms with van der Waals surface area (Å²) in [4.78, 5) is 0. The molecule has 1 N–H and O–H groups in total. The van der Waals surface area contributed by atoms with Gasteiger partial charge >= 0.3 is 0 Å². The lowest BCUT2D eigenvalue weighted by Crippen LogP contribution is -2.34. The maximum atomic E-state index is 6.07. The van der Waals surface area contributed by atoms with Crippen LogP contribution in [0.2, 0.25) is 0 Å². The smallest absolute Gasteiger partial charge is 0.128 e. The van der Waals surface area contributed by atoms with E-state index in [9.17, 15) is 0 Å². The molecule has 0 saturated carbocycles. The zero-order chi connectivity index (χ0) is 14.3. The zero-order valence-corrected chi connectivity index (χ0v) is 13.5. The first kappa shape index (κ1) is 13.5. The van der Waals surface area contributed by atoms with Crippen LogP contribution < -0.4 is 10.1 Å². The Bertz CT molecular complexity index is 651. The van der Waals surface area contributed by atoms with Gasteiger partial charge in [0.2, 0.25) is 0 Å². The van der Waals surface area contributed by atoms with Gasteiger partial charge in [0.05, 0.1) is 6.04 Å². The normalized spacial score (nSPS) is 19.3. The second-order valence-corrected chi connectivity index (χ2v) is 6.66. The van der Waals surface area contributed by atoms with Crippen LogP contribution in [0, 0.1) is 6.92 Å². The van der Waals surface area contributed by atoms with E-state index in [-0.39, 0.29) is 11.6 Å². The number of hydrogen-bond donors (Lipinski definition) is 1. The third kappa shape index (κ3) is 2.31. The van der Waals surface area contributed by atoms with E-state index in [1.807, 2.05) is 12.1 Å². The van der Waals surface area contributed by atoms with Crippen LogP contribution in [-0.2, 0) is 0 Å². The molecule has 0 radical (unpaired) electrons. The van der Waals surface area contributed by atoms with Gasteiger partial charge in [-0.25, -0.2) is 0 Å². The predicted molar refractivity (Wildman–Crippen MR) is 86.4 cm³/mol. The molecule has 0 bridgehead atoms. The van der Waals surface area contributed by atoms with Gasteiger partial charge in [-0.15, -0.1) is 0 Å². The number of rotatable bonds is 2. The number of benzene rings is 2. The molecule has 0 spiro atoms. The van der Waals surface area contributed by atoms with Crippen LogP contribution in [0.15, 0.2) is 46.9 Å². The van der Waals surface area contributed by atoms with E-state index in [4.69, 9.17) is 4.74 Å². The van der Waals surface area contributed by atoms with Crippen molar-refractivity contribution in [2.45, 2.75) is 32.4 Å². The summed E-state index contributed by atoms with van der Waals surface area (Å²) >= 11 is 3.61. The van der Waals surface area contributed by atoms with E-state index in [0.717, 1.165) is 15.9 Å². The van der Waals surface area contributed by atoms with Crippen molar-refractivity contribution in [3.05, 3.63) is 58.1 Å². The Morgan fingerprint density at radius 3 is 2.70 bits per heavy atom. The molecule has 104 valence electrons. The van der Waals surface area contributed by atoms with Crippen LogP contribution in [0.25, 0.3) is 0 Å².